The van der Waals surface area contributed by atoms with Gasteiger partial charge < -0.3 is 10.5 Å². The third-order valence-corrected chi connectivity index (χ3v) is 3.69. The average molecular weight is 314 g/mol. The molecule has 2 rings (SSSR count). The zero-order valence-corrected chi connectivity index (χ0v) is 12.5. The Labute approximate surface area is 126 Å². The molecule has 1 heterocycles. The van der Waals surface area contributed by atoms with E-state index in [1.165, 1.54) is 4.68 Å². The quantitative estimate of drug-likeness (QED) is 0.698. The molecule has 0 bridgehead atoms. The second-order valence-corrected chi connectivity index (χ2v) is 5.02. The van der Waals surface area contributed by atoms with Crippen molar-refractivity contribution in [1.82, 2.24) is 9.78 Å². The summed E-state index contributed by atoms with van der Waals surface area (Å²) in [7, 11) is 1.72. The number of nitrogens with zero attached hydrogens (tertiary/aromatic N) is 2. The summed E-state index contributed by atoms with van der Waals surface area (Å²) < 4.78 is 6.73. The molecule has 0 aliphatic rings. The van der Waals surface area contributed by atoms with E-state index in [-0.39, 0.29) is 17.9 Å². The lowest BCUT2D eigenvalue weighted by Crippen LogP contribution is -2.09. The number of anilines is 1. The number of halogens is 2. The summed E-state index contributed by atoms with van der Waals surface area (Å²) in [5.41, 5.74) is 7.56. The Hall–Kier alpha value is -1.72. The van der Waals surface area contributed by atoms with Crippen LogP contribution in [0.1, 0.15) is 21.6 Å². The standard InChI is InChI=1S/C13H13Cl2N3O2/c1-7-9(12(15)18(2)17-7)6-20-13(19)8-4-3-5-10(14)11(8)16/h3-5H,6,16H2,1-2H3. The van der Waals surface area contributed by atoms with Crippen LogP contribution in [0.15, 0.2) is 18.2 Å². The lowest BCUT2D eigenvalue weighted by atomic mass is 10.2. The van der Waals surface area contributed by atoms with Gasteiger partial charge in [0.25, 0.3) is 0 Å². The van der Waals surface area contributed by atoms with E-state index in [1.54, 1.807) is 32.2 Å². The van der Waals surface area contributed by atoms with Crippen LogP contribution in [0, 0.1) is 6.92 Å². The molecule has 0 saturated heterocycles. The molecular weight excluding hydrogens is 301 g/mol. The van der Waals surface area contributed by atoms with Crippen LogP contribution in [-0.4, -0.2) is 15.7 Å². The molecule has 0 radical (unpaired) electrons. The van der Waals surface area contributed by atoms with Crippen molar-refractivity contribution in [1.29, 1.82) is 0 Å². The molecule has 5 nitrogen and oxygen atoms in total. The molecule has 0 spiro atoms. The lowest BCUT2D eigenvalue weighted by Gasteiger charge is -2.08. The fraction of sp³-hybridized carbons (Fsp3) is 0.231. The summed E-state index contributed by atoms with van der Waals surface area (Å²) in [5, 5.41) is 4.89. The van der Waals surface area contributed by atoms with Gasteiger partial charge in [0.15, 0.2) is 0 Å². The third kappa shape index (κ3) is 2.73. The van der Waals surface area contributed by atoms with Gasteiger partial charge in [-0.1, -0.05) is 29.3 Å². The molecule has 2 aromatic rings. The zero-order valence-electron chi connectivity index (χ0n) is 11.0. The van der Waals surface area contributed by atoms with Crippen LogP contribution in [0.2, 0.25) is 10.2 Å². The Kier molecular flexibility index (Phi) is 4.20. The van der Waals surface area contributed by atoms with E-state index in [9.17, 15) is 4.79 Å². The number of nitrogens with two attached hydrogens (primary N) is 1. The minimum atomic E-state index is -0.552. The Balaban J connectivity index is 2.15. The first-order valence-corrected chi connectivity index (χ1v) is 6.56. The Morgan fingerprint density at radius 1 is 1.45 bits per heavy atom. The topological polar surface area (TPSA) is 70.1 Å². The summed E-state index contributed by atoms with van der Waals surface area (Å²) in [6, 6.07) is 4.80. The van der Waals surface area contributed by atoms with Gasteiger partial charge in [-0.05, 0) is 19.1 Å². The molecule has 0 aliphatic carbocycles. The minimum absolute atomic E-state index is 0.0310. The van der Waals surface area contributed by atoms with E-state index in [0.717, 1.165) is 0 Å². The molecule has 0 fully saturated rings. The molecule has 0 amide bonds. The SMILES string of the molecule is Cc1nn(C)c(Cl)c1COC(=O)c1cccc(Cl)c1N. The highest BCUT2D eigenvalue weighted by atomic mass is 35.5. The molecule has 1 aromatic heterocycles. The highest BCUT2D eigenvalue weighted by Gasteiger charge is 2.16. The molecule has 0 atom stereocenters. The number of nitrogen functional groups attached to an aromatic ring is 1. The van der Waals surface area contributed by atoms with Crippen LogP contribution in [-0.2, 0) is 18.4 Å². The molecule has 106 valence electrons. The first kappa shape index (κ1) is 14.7. The third-order valence-electron chi connectivity index (χ3n) is 2.89. The normalized spacial score (nSPS) is 10.6. The molecule has 1 aromatic carbocycles. The van der Waals surface area contributed by atoms with E-state index in [4.69, 9.17) is 33.7 Å². The molecular formula is C13H13Cl2N3O2. The fourth-order valence-corrected chi connectivity index (χ4v) is 2.17. The van der Waals surface area contributed by atoms with Gasteiger partial charge in [-0.25, -0.2) is 4.79 Å². The number of hydrogen-bond acceptors (Lipinski definition) is 4. The summed E-state index contributed by atoms with van der Waals surface area (Å²) in [4.78, 5) is 12.0. The van der Waals surface area contributed by atoms with Crippen molar-refractivity contribution in [2.45, 2.75) is 13.5 Å². The van der Waals surface area contributed by atoms with Crippen LogP contribution in [0.4, 0.5) is 5.69 Å². The van der Waals surface area contributed by atoms with Gasteiger partial charge in [-0.2, -0.15) is 5.10 Å². The van der Waals surface area contributed by atoms with Crippen molar-refractivity contribution < 1.29 is 9.53 Å². The van der Waals surface area contributed by atoms with E-state index in [0.29, 0.717) is 21.4 Å². The number of carbonyl (C=O) groups excluding carboxylic acids is 1. The smallest absolute Gasteiger partial charge is 0.340 e. The van der Waals surface area contributed by atoms with Gasteiger partial charge in [0, 0.05) is 12.6 Å². The highest BCUT2D eigenvalue weighted by Crippen LogP contribution is 2.24. The Morgan fingerprint density at radius 2 is 2.15 bits per heavy atom. The van der Waals surface area contributed by atoms with Crippen LogP contribution < -0.4 is 5.73 Å². The lowest BCUT2D eigenvalue weighted by molar-refractivity contribution is 0.0473. The van der Waals surface area contributed by atoms with Crippen molar-refractivity contribution in [3.05, 3.63) is 45.2 Å². The number of esters is 1. The van der Waals surface area contributed by atoms with Gasteiger partial charge in [-0.15, -0.1) is 0 Å². The van der Waals surface area contributed by atoms with Crippen LogP contribution in [0.5, 0.6) is 0 Å². The van der Waals surface area contributed by atoms with E-state index in [1.807, 2.05) is 0 Å². The number of hydrogen-bond donors (Lipinski definition) is 1. The van der Waals surface area contributed by atoms with Crippen molar-refractivity contribution in [3.8, 4) is 0 Å². The first-order chi connectivity index (χ1) is 9.41. The predicted molar refractivity (Wildman–Crippen MR) is 77.9 cm³/mol. The first-order valence-electron chi connectivity index (χ1n) is 5.81. The van der Waals surface area contributed by atoms with Crippen LogP contribution in [0.25, 0.3) is 0 Å². The highest BCUT2D eigenvalue weighted by molar-refractivity contribution is 6.33. The van der Waals surface area contributed by atoms with E-state index in [2.05, 4.69) is 5.10 Å². The van der Waals surface area contributed by atoms with E-state index < -0.39 is 5.97 Å². The fourth-order valence-electron chi connectivity index (χ4n) is 1.77. The van der Waals surface area contributed by atoms with Gasteiger partial charge in [0.1, 0.15) is 11.8 Å². The second-order valence-electron chi connectivity index (χ2n) is 4.26. The number of aromatic nitrogens is 2. The summed E-state index contributed by atoms with van der Waals surface area (Å²) in [6.07, 6.45) is 0. The minimum Gasteiger partial charge on any atom is -0.457 e. The Morgan fingerprint density at radius 3 is 2.75 bits per heavy atom. The van der Waals surface area contributed by atoms with Gasteiger partial charge >= 0.3 is 5.97 Å². The van der Waals surface area contributed by atoms with E-state index >= 15 is 0 Å². The maximum absolute atomic E-state index is 12.0. The maximum Gasteiger partial charge on any atom is 0.340 e. The second kappa shape index (κ2) is 5.73. The number of aryl methyl sites for hydroxylation is 2. The molecule has 2 N–H and O–H groups in total. The van der Waals surface area contributed by atoms with Gasteiger partial charge in [-0.3, -0.25) is 4.68 Å². The molecule has 7 heteroatoms. The molecule has 0 unspecified atom stereocenters. The molecule has 0 saturated carbocycles. The monoisotopic (exact) mass is 313 g/mol. The van der Waals surface area contributed by atoms with Crippen LogP contribution in [0.3, 0.4) is 0 Å². The predicted octanol–water partition coefficient (Wildman–Crippen LogP) is 2.97. The average Bonchev–Trinajstić information content (AvgIpc) is 2.64. The summed E-state index contributed by atoms with van der Waals surface area (Å²) >= 11 is 11.9. The molecule has 20 heavy (non-hydrogen) atoms. The Bertz CT molecular complexity index is 668. The van der Waals surface area contributed by atoms with Gasteiger partial charge in [0.2, 0.25) is 0 Å². The summed E-state index contributed by atoms with van der Waals surface area (Å²) in [6.45, 7) is 1.83. The van der Waals surface area contributed by atoms with Crippen LogP contribution >= 0.6 is 23.2 Å². The molecule has 0 aliphatic heterocycles. The number of carbonyl (C=O) groups is 1. The van der Waals surface area contributed by atoms with Crippen molar-refractivity contribution >= 4 is 34.9 Å². The number of benzene rings is 1. The largest absolute Gasteiger partial charge is 0.457 e. The van der Waals surface area contributed by atoms with Crippen molar-refractivity contribution in [2.24, 2.45) is 7.05 Å². The van der Waals surface area contributed by atoms with Crippen molar-refractivity contribution in [2.75, 3.05) is 5.73 Å². The van der Waals surface area contributed by atoms with Gasteiger partial charge in [0.05, 0.1) is 22.0 Å². The maximum atomic E-state index is 12.0. The number of para-hydroxylation sites is 1. The van der Waals surface area contributed by atoms with Crippen molar-refractivity contribution in [3.63, 3.8) is 0 Å². The summed E-state index contributed by atoms with van der Waals surface area (Å²) in [5.74, 6) is -0.552. The zero-order chi connectivity index (χ0) is 14.9. The number of rotatable bonds is 3. The number of ether oxygens (including phenoxy) is 1.